The number of ketones is 1. The van der Waals surface area contributed by atoms with Crippen molar-refractivity contribution in [2.24, 2.45) is 0 Å². The molecule has 0 amide bonds. The maximum atomic E-state index is 13.6. The van der Waals surface area contributed by atoms with Crippen LogP contribution in [0.2, 0.25) is 5.02 Å². The molecule has 5 heteroatoms. The van der Waals surface area contributed by atoms with Crippen LogP contribution in [0.5, 0.6) is 0 Å². The number of Topliss-reactive ketones (excluding diaryl/α,β-unsaturated/α-hetero) is 1. The molecule has 1 aromatic heterocycles. The first-order valence-electron chi connectivity index (χ1n) is 5.15. The Morgan fingerprint density at radius 2 is 2.00 bits per heavy atom. The topological polar surface area (TPSA) is 30.0 Å². The van der Waals surface area contributed by atoms with Crippen LogP contribution < -0.4 is 0 Å². The Bertz CT molecular complexity index is 584. The van der Waals surface area contributed by atoms with Crippen LogP contribution in [-0.4, -0.2) is 10.8 Å². The van der Waals surface area contributed by atoms with Crippen molar-refractivity contribution in [3.05, 3.63) is 64.4 Å². The van der Waals surface area contributed by atoms with E-state index in [1.165, 1.54) is 18.2 Å². The molecule has 1 aromatic carbocycles. The molecule has 0 aliphatic carbocycles. The molecule has 0 aliphatic rings. The molecule has 0 N–H and O–H groups in total. The number of hydrogen-bond donors (Lipinski definition) is 0. The summed E-state index contributed by atoms with van der Waals surface area (Å²) in [6.07, 6.45) is 0.784. The molecule has 0 spiro atoms. The average molecular weight is 268 g/mol. The summed E-state index contributed by atoms with van der Waals surface area (Å²) in [7, 11) is 0. The van der Waals surface area contributed by atoms with E-state index in [9.17, 15) is 13.6 Å². The number of carbonyl (C=O) groups excluding carboxylic acids is 1. The number of hydrogen-bond acceptors (Lipinski definition) is 2. The summed E-state index contributed by atoms with van der Waals surface area (Å²) in [6, 6.07) is 6.84. The first kappa shape index (κ1) is 12.6. The Hall–Kier alpha value is -1.81. The van der Waals surface area contributed by atoms with Gasteiger partial charge >= 0.3 is 0 Å². The van der Waals surface area contributed by atoms with Crippen LogP contribution in [0, 0.1) is 11.6 Å². The molecule has 0 unspecified atom stereocenters. The lowest BCUT2D eigenvalue weighted by molar-refractivity contribution is 0.0987. The third-order valence-electron chi connectivity index (χ3n) is 2.40. The van der Waals surface area contributed by atoms with Crippen LogP contribution >= 0.6 is 11.6 Å². The summed E-state index contributed by atoms with van der Waals surface area (Å²) in [6.45, 7) is 0. The van der Waals surface area contributed by atoms with Crippen LogP contribution in [0.15, 0.2) is 36.5 Å². The molecular formula is C13H8ClF2NO. The van der Waals surface area contributed by atoms with Crippen molar-refractivity contribution in [3.63, 3.8) is 0 Å². The molecular weight excluding hydrogens is 260 g/mol. The predicted molar refractivity (Wildman–Crippen MR) is 63.6 cm³/mol. The van der Waals surface area contributed by atoms with Crippen molar-refractivity contribution in [1.29, 1.82) is 0 Å². The van der Waals surface area contributed by atoms with E-state index in [2.05, 4.69) is 4.98 Å². The highest BCUT2D eigenvalue weighted by Crippen LogP contribution is 2.19. The molecule has 18 heavy (non-hydrogen) atoms. The second-order valence-electron chi connectivity index (χ2n) is 3.67. The highest BCUT2D eigenvalue weighted by molar-refractivity contribution is 6.30. The van der Waals surface area contributed by atoms with Crippen LogP contribution in [0.1, 0.15) is 16.1 Å². The zero-order valence-corrected chi connectivity index (χ0v) is 9.92. The highest BCUT2D eigenvalue weighted by atomic mass is 35.5. The van der Waals surface area contributed by atoms with E-state index >= 15 is 0 Å². The predicted octanol–water partition coefficient (Wildman–Crippen LogP) is 3.44. The van der Waals surface area contributed by atoms with Gasteiger partial charge in [0.25, 0.3) is 0 Å². The van der Waals surface area contributed by atoms with Crippen molar-refractivity contribution >= 4 is 17.4 Å². The molecule has 92 valence electrons. The van der Waals surface area contributed by atoms with Gasteiger partial charge in [0.05, 0.1) is 11.2 Å². The maximum absolute atomic E-state index is 13.6. The average Bonchev–Trinajstić information content (AvgIpc) is 2.36. The van der Waals surface area contributed by atoms with E-state index in [4.69, 9.17) is 11.6 Å². The Kier molecular flexibility index (Phi) is 3.67. The Morgan fingerprint density at radius 3 is 2.67 bits per heavy atom. The molecule has 0 atom stereocenters. The molecule has 1 heterocycles. The highest BCUT2D eigenvalue weighted by Gasteiger charge is 2.13. The van der Waals surface area contributed by atoms with Gasteiger partial charge in [-0.15, -0.1) is 0 Å². The molecule has 0 radical (unpaired) electrons. The molecule has 2 aromatic rings. The summed E-state index contributed by atoms with van der Waals surface area (Å²) >= 11 is 5.61. The Balaban J connectivity index is 2.21. The second kappa shape index (κ2) is 5.23. The van der Waals surface area contributed by atoms with Gasteiger partial charge in [-0.05, 0) is 23.8 Å². The van der Waals surface area contributed by atoms with Crippen LogP contribution in [0.4, 0.5) is 8.78 Å². The number of nitrogens with zero attached hydrogens (tertiary/aromatic N) is 1. The molecule has 2 nitrogen and oxygen atoms in total. The van der Waals surface area contributed by atoms with Gasteiger partial charge in [-0.2, -0.15) is 0 Å². The van der Waals surface area contributed by atoms with Crippen LogP contribution in [0.25, 0.3) is 0 Å². The largest absolute Gasteiger partial charge is 0.292 e. The first-order valence-corrected chi connectivity index (χ1v) is 5.53. The van der Waals surface area contributed by atoms with Gasteiger partial charge < -0.3 is 0 Å². The first-order chi connectivity index (χ1) is 8.58. The minimum atomic E-state index is -0.616. The molecule has 2 rings (SSSR count). The second-order valence-corrected chi connectivity index (χ2v) is 4.08. The van der Waals surface area contributed by atoms with Crippen molar-refractivity contribution in [1.82, 2.24) is 4.98 Å². The van der Waals surface area contributed by atoms with Gasteiger partial charge in [-0.25, -0.2) is 8.78 Å². The Labute approximate surface area is 107 Å². The van der Waals surface area contributed by atoms with Crippen LogP contribution in [-0.2, 0) is 6.42 Å². The van der Waals surface area contributed by atoms with Crippen molar-refractivity contribution < 1.29 is 13.6 Å². The fraction of sp³-hybridized carbons (Fsp3) is 0.0769. The van der Waals surface area contributed by atoms with Gasteiger partial charge in [-0.3, -0.25) is 9.78 Å². The van der Waals surface area contributed by atoms with E-state index in [0.717, 1.165) is 12.3 Å². The molecule has 0 aliphatic heterocycles. The van der Waals surface area contributed by atoms with E-state index in [-0.39, 0.29) is 22.7 Å². The molecule has 0 fully saturated rings. The van der Waals surface area contributed by atoms with E-state index < -0.39 is 17.4 Å². The van der Waals surface area contributed by atoms with E-state index in [1.807, 2.05) is 0 Å². The third-order valence-corrected chi connectivity index (χ3v) is 2.69. The standard InChI is InChI=1S/C13H8ClF2NO/c14-10-3-1-2-8(13(10)16)6-12(18)11-5-4-9(15)7-17-11/h1-5,7H,6H2. The number of halogens is 3. The monoisotopic (exact) mass is 267 g/mol. The zero-order valence-electron chi connectivity index (χ0n) is 9.16. The zero-order chi connectivity index (χ0) is 13.1. The van der Waals surface area contributed by atoms with Gasteiger partial charge in [-0.1, -0.05) is 23.7 Å². The van der Waals surface area contributed by atoms with Gasteiger partial charge in [0, 0.05) is 6.42 Å². The minimum Gasteiger partial charge on any atom is -0.292 e. The molecule has 0 saturated carbocycles. The normalized spacial score (nSPS) is 10.4. The van der Waals surface area contributed by atoms with E-state index in [0.29, 0.717) is 0 Å². The summed E-state index contributed by atoms with van der Waals surface area (Å²) in [4.78, 5) is 15.4. The molecule has 0 bridgehead atoms. The van der Waals surface area contributed by atoms with Crippen molar-refractivity contribution in [2.45, 2.75) is 6.42 Å². The lowest BCUT2D eigenvalue weighted by atomic mass is 10.1. The number of aromatic nitrogens is 1. The lowest BCUT2D eigenvalue weighted by Crippen LogP contribution is -2.07. The fourth-order valence-corrected chi connectivity index (χ4v) is 1.68. The number of benzene rings is 1. The number of rotatable bonds is 3. The van der Waals surface area contributed by atoms with E-state index in [1.54, 1.807) is 6.07 Å². The SMILES string of the molecule is O=C(Cc1cccc(Cl)c1F)c1ccc(F)cn1. The Morgan fingerprint density at radius 1 is 1.22 bits per heavy atom. The number of carbonyl (C=O) groups is 1. The number of pyridine rings is 1. The van der Waals surface area contributed by atoms with Gasteiger partial charge in [0.15, 0.2) is 5.78 Å². The van der Waals surface area contributed by atoms with Crippen LogP contribution in [0.3, 0.4) is 0 Å². The summed E-state index contributed by atoms with van der Waals surface area (Å²) in [5, 5.41) is -0.0348. The maximum Gasteiger partial charge on any atom is 0.185 e. The van der Waals surface area contributed by atoms with Crippen molar-refractivity contribution in [3.8, 4) is 0 Å². The minimum absolute atomic E-state index is 0.0348. The lowest BCUT2D eigenvalue weighted by Gasteiger charge is -2.03. The fourth-order valence-electron chi connectivity index (χ4n) is 1.49. The van der Waals surface area contributed by atoms with Gasteiger partial charge in [0.1, 0.15) is 17.3 Å². The third kappa shape index (κ3) is 2.71. The quantitative estimate of drug-likeness (QED) is 0.798. The summed E-state index contributed by atoms with van der Waals surface area (Å²) in [5.41, 5.74) is 0.286. The summed E-state index contributed by atoms with van der Waals surface area (Å²) < 4.78 is 26.2. The summed E-state index contributed by atoms with van der Waals surface area (Å²) in [5.74, 6) is -1.54. The van der Waals surface area contributed by atoms with Gasteiger partial charge in [0.2, 0.25) is 0 Å². The van der Waals surface area contributed by atoms with Crippen molar-refractivity contribution in [2.75, 3.05) is 0 Å². The molecule has 0 saturated heterocycles. The smallest absolute Gasteiger partial charge is 0.185 e.